The highest BCUT2D eigenvalue weighted by Crippen LogP contribution is 2.22. The monoisotopic (exact) mass is 321 g/mol. The summed E-state index contributed by atoms with van der Waals surface area (Å²) in [5.74, 6) is -3.38. The number of halogens is 4. The van der Waals surface area contributed by atoms with Gasteiger partial charge in [0.25, 0.3) is 10.0 Å². The summed E-state index contributed by atoms with van der Waals surface area (Å²) in [6.45, 7) is 0. The predicted octanol–water partition coefficient (Wildman–Crippen LogP) is 3.56. The molecule has 3 nitrogen and oxygen atoms in total. The van der Waals surface area contributed by atoms with E-state index >= 15 is 0 Å². The van der Waals surface area contributed by atoms with Crippen LogP contribution in [0.2, 0.25) is 5.02 Å². The van der Waals surface area contributed by atoms with E-state index in [0.29, 0.717) is 12.1 Å². The summed E-state index contributed by atoms with van der Waals surface area (Å²) in [6, 6.07) is 5.37. The van der Waals surface area contributed by atoms with Crippen LogP contribution >= 0.6 is 11.6 Å². The van der Waals surface area contributed by atoms with Crippen LogP contribution in [0.3, 0.4) is 0 Å². The van der Waals surface area contributed by atoms with Gasteiger partial charge in [-0.1, -0.05) is 11.6 Å². The highest BCUT2D eigenvalue weighted by atomic mass is 35.5. The van der Waals surface area contributed by atoms with E-state index in [4.69, 9.17) is 11.6 Å². The van der Waals surface area contributed by atoms with Crippen LogP contribution in [0.1, 0.15) is 0 Å². The van der Waals surface area contributed by atoms with Crippen LogP contribution in [0, 0.1) is 17.5 Å². The molecule has 0 atom stereocenters. The van der Waals surface area contributed by atoms with E-state index in [0.717, 1.165) is 18.2 Å². The third-order valence-corrected chi connectivity index (χ3v) is 3.98. The van der Waals surface area contributed by atoms with Crippen molar-refractivity contribution in [1.29, 1.82) is 0 Å². The SMILES string of the molecule is O=S(=O)(Nc1ccc(Cl)cc1F)c1ccc(F)c(F)c1. The molecule has 20 heavy (non-hydrogen) atoms. The third kappa shape index (κ3) is 3.05. The van der Waals surface area contributed by atoms with E-state index in [1.165, 1.54) is 6.07 Å². The van der Waals surface area contributed by atoms with Crippen molar-refractivity contribution in [3.8, 4) is 0 Å². The minimum atomic E-state index is -4.23. The number of rotatable bonds is 3. The maximum atomic E-state index is 13.5. The van der Waals surface area contributed by atoms with Crippen molar-refractivity contribution in [2.75, 3.05) is 4.72 Å². The number of hydrogen-bond donors (Lipinski definition) is 1. The fraction of sp³-hybridized carbons (Fsp3) is 0. The fourth-order valence-electron chi connectivity index (χ4n) is 1.42. The van der Waals surface area contributed by atoms with Crippen LogP contribution in [-0.2, 0) is 10.0 Å². The topological polar surface area (TPSA) is 46.2 Å². The molecule has 0 amide bonds. The molecule has 8 heteroatoms. The molecule has 0 aliphatic carbocycles. The van der Waals surface area contributed by atoms with Gasteiger partial charge in [-0.05, 0) is 36.4 Å². The quantitative estimate of drug-likeness (QED) is 0.939. The lowest BCUT2D eigenvalue weighted by Gasteiger charge is -2.09. The summed E-state index contributed by atoms with van der Waals surface area (Å²) in [4.78, 5) is -0.522. The molecule has 1 N–H and O–H groups in total. The van der Waals surface area contributed by atoms with Crippen LogP contribution in [0.15, 0.2) is 41.3 Å². The van der Waals surface area contributed by atoms with Crippen molar-refractivity contribution < 1.29 is 21.6 Å². The minimum absolute atomic E-state index is 0.0956. The Morgan fingerprint density at radius 1 is 0.900 bits per heavy atom. The maximum Gasteiger partial charge on any atom is 0.262 e. The van der Waals surface area contributed by atoms with E-state index in [9.17, 15) is 21.6 Å². The minimum Gasteiger partial charge on any atom is -0.277 e. The number of sulfonamides is 1. The molecular weight excluding hydrogens is 315 g/mol. The third-order valence-electron chi connectivity index (χ3n) is 2.38. The molecule has 0 aliphatic heterocycles. The van der Waals surface area contributed by atoms with Gasteiger partial charge in [0.05, 0.1) is 10.6 Å². The summed E-state index contributed by atoms with van der Waals surface area (Å²) in [5.41, 5.74) is -0.348. The zero-order valence-corrected chi connectivity index (χ0v) is 11.3. The van der Waals surface area contributed by atoms with Gasteiger partial charge in [-0.2, -0.15) is 0 Å². The lowest BCUT2D eigenvalue weighted by atomic mass is 10.3. The number of benzene rings is 2. The Labute approximate surface area is 118 Å². The molecule has 0 bridgehead atoms. The Kier molecular flexibility index (Phi) is 3.92. The lowest BCUT2D eigenvalue weighted by Crippen LogP contribution is -2.14. The van der Waals surface area contributed by atoms with Crippen LogP contribution in [-0.4, -0.2) is 8.42 Å². The molecule has 106 valence electrons. The van der Waals surface area contributed by atoms with E-state index in [1.54, 1.807) is 0 Å². The molecule has 0 radical (unpaired) electrons. The Morgan fingerprint density at radius 3 is 2.20 bits per heavy atom. The highest BCUT2D eigenvalue weighted by Gasteiger charge is 2.18. The standard InChI is InChI=1S/C12H7ClF3NO2S/c13-7-1-4-12(11(16)5-7)17-20(18,19)8-2-3-9(14)10(15)6-8/h1-6,17H. The van der Waals surface area contributed by atoms with E-state index < -0.39 is 32.4 Å². The van der Waals surface area contributed by atoms with Gasteiger partial charge < -0.3 is 0 Å². The maximum absolute atomic E-state index is 13.5. The van der Waals surface area contributed by atoms with Crippen molar-refractivity contribution in [1.82, 2.24) is 0 Å². The van der Waals surface area contributed by atoms with Crippen molar-refractivity contribution >= 4 is 27.3 Å². The Bertz CT molecular complexity index is 765. The smallest absolute Gasteiger partial charge is 0.262 e. The molecule has 0 aliphatic rings. The molecule has 0 aromatic heterocycles. The molecule has 2 aromatic rings. The van der Waals surface area contributed by atoms with Crippen LogP contribution in [0.25, 0.3) is 0 Å². The largest absolute Gasteiger partial charge is 0.277 e. The van der Waals surface area contributed by atoms with Crippen molar-refractivity contribution in [3.05, 3.63) is 58.9 Å². The second-order valence-electron chi connectivity index (χ2n) is 3.81. The normalized spacial score (nSPS) is 11.4. The molecule has 2 rings (SSSR count). The predicted molar refractivity (Wildman–Crippen MR) is 68.6 cm³/mol. The molecule has 0 unspecified atom stereocenters. The van der Waals surface area contributed by atoms with Gasteiger partial charge in [0.2, 0.25) is 0 Å². The van der Waals surface area contributed by atoms with Gasteiger partial charge in [-0.15, -0.1) is 0 Å². The van der Waals surface area contributed by atoms with Crippen molar-refractivity contribution in [2.24, 2.45) is 0 Å². The van der Waals surface area contributed by atoms with Crippen LogP contribution in [0.4, 0.5) is 18.9 Å². The molecule has 0 saturated carbocycles. The Balaban J connectivity index is 2.38. The Morgan fingerprint density at radius 2 is 1.60 bits per heavy atom. The fourth-order valence-corrected chi connectivity index (χ4v) is 2.66. The number of anilines is 1. The van der Waals surface area contributed by atoms with E-state index in [2.05, 4.69) is 0 Å². The van der Waals surface area contributed by atoms with Gasteiger partial charge in [0.15, 0.2) is 11.6 Å². The first-order chi connectivity index (χ1) is 9.29. The van der Waals surface area contributed by atoms with E-state index in [1.807, 2.05) is 4.72 Å². The van der Waals surface area contributed by atoms with Gasteiger partial charge in [0.1, 0.15) is 5.82 Å². The van der Waals surface area contributed by atoms with Gasteiger partial charge in [-0.3, -0.25) is 4.72 Å². The molecule has 0 fully saturated rings. The zero-order valence-electron chi connectivity index (χ0n) is 9.70. The summed E-state index contributed by atoms with van der Waals surface area (Å²) in [5, 5.41) is 0.0956. The second-order valence-corrected chi connectivity index (χ2v) is 5.92. The molecule has 0 heterocycles. The average Bonchev–Trinajstić information content (AvgIpc) is 2.36. The number of nitrogens with one attached hydrogen (secondary N) is 1. The van der Waals surface area contributed by atoms with E-state index in [-0.39, 0.29) is 10.7 Å². The van der Waals surface area contributed by atoms with Crippen molar-refractivity contribution in [3.63, 3.8) is 0 Å². The second kappa shape index (κ2) is 5.34. The van der Waals surface area contributed by atoms with Gasteiger partial charge >= 0.3 is 0 Å². The summed E-state index contributed by atoms with van der Waals surface area (Å²) in [6.07, 6.45) is 0. The summed E-state index contributed by atoms with van der Waals surface area (Å²) in [7, 11) is -4.23. The van der Waals surface area contributed by atoms with Gasteiger partial charge in [-0.25, -0.2) is 21.6 Å². The first-order valence-electron chi connectivity index (χ1n) is 5.22. The van der Waals surface area contributed by atoms with Crippen LogP contribution in [0.5, 0.6) is 0 Å². The van der Waals surface area contributed by atoms with Crippen molar-refractivity contribution in [2.45, 2.75) is 4.90 Å². The summed E-state index contributed by atoms with van der Waals surface area (Å²) >= 11 is 5.53. The Hall–Kier alpha value is -1.73. The lowest BCUT2D eigenvalue weighted by molar-refractivity contribution is 0.504. The van der Waals surface area contributed by atoms with Crippen LogP contribution < -0.4 is 4.72 Å². The molecule has 0 saturated heterocycles. The number of hydrogen-bond acceptors (Lipinski definition) is 2. The highest BCUT2D eigenvalue weighted by molar-refractivity contribution is 7.92. The summed E-state index contributed by atoms with van der Waals surface area (Å²) < 4.78 is 65.0. The molecule has 2 aromatic carbocycles. The first-order valence-corrected chi connectivity index (χ1v) is 7.08. The van der Waals surface area contributed by atoms with Gasteiger partial charge in [0, 0.05) is 5.02 Å². The zero-order chi connectivity index (χ0) is 14.9. The average molecular weight is 322 g/mol. The molecule has 0 spiro atoms. The first kappa shape index (κ1) is 14.7. The molecular formula is C12H7ClF3NO2S.